The molecule has 0 atom stereocenters. The molecule has 0 aliphatic carbocycles. The van der Waals surface area contributed by atoms with Gasteiger partial charge in [0.2, 0.25) is 0 Å². The monoisotopic (exact) mass is 391 g/mol. The summed E-state index contributed by atoms with van der Waals surface area (Å²) in [6.45, 7) is 1.79. The molecule has 138 valence electrons. The molecule has 0 spiro atoms. The van der Waals surface area contributed by atoms with E-state index in [-0.39, 0.29) is 5.11 Å². The Kier molecular flexibility index (Phi) is 6.50. The van der Waals surface area contributed by atoms with Crippen molar-refractivity contribution >= 4 is 25.1 Å². The van der Waals surface area contributed by atoms with Crippen molar-refractivity contribution < 1.29 is 13.6 Å². The third-order valence-electron chi connectivity index (χ3n) is 3.79. The molecule has 0 saturated carbocycles. The lowest BCUT2D eigenvalue weighted by atomic mass is 10.2. The SMILES string of the molecule is O=P(NC(=S)NN1CCCCC1)(Oc1ccccc1)Oc1ccccc1. The van der Waals surface area contributed by atoms with Crippen LogP contribution in [0.4, 0.5) is 0 Å². The number of benzene rings is 2. The highest BCUT2D eigenvalue weighted by Gasteiger charge is 2.30. The quantitative estimate of drug-likeness (QED) is 0.567. The third-order valence-corrected chi connectivity index (χ3v) is 5.54. The Balaban J connectivity index is 1.71. The van der Waals surface area contributed by atoms with E-state index in [4.69, 9.17) is 21.3 Å². The predicted octanol–water partition coefficient (Wildman–Crippen LogP) is 4.12. The molecule has 1 aliphatic rings. The number of piperidine rings is 1. The molecule has 26 heavy (non-hydrogen) atoms. The van der Waals surface area contributed by atoms with Crippen LogP contribution in [0.25, 0.3) is 0 Å². The second kappa shape index (κ2) is 9.03. The predicted molar refractivity (Wildman–Crippen MR) is 106 cm³/mol. The zero-order valence-corrected chi connectivity index (χ0v) is 16.0. The molecule has 2 aromatic rings. The van der Waals surface area contributed by atoms with Gasteiger partial charge >= 0.3 is 7.75 Å². The fourth-order valence-corrected chi connectivity index (χ4v) is 4.29. The molecule has 1 heterocycles. The van der Waals surface area contributed by atoms with Gasteiger partial charge in [-0.15, -0.1) is 0 Å². The van der Waals surface area contributed by atoms with Crippen LogP contribution in [0.1, 0.15) is 19.3 Å². The topological polar surface area (TPSA) is 62.8 Å². The molecule has 6 nitrogen and oxygen atoms in total. The highest BCUT2D eigenvalue weighted by atomic mass is 32.1. The summed E-state index contributed by atoms with van der Waals surface area (Å²) in [4.78, 5) is 0. The maximum atomic E-state index is 13.3. The Morgan fingerprint density at radius 1 is 0.885 bits per heavy atom. The number of hydrogen-bond donors (Lipinski definition) is 2. The van der Waals surface area contributed by atoms with Crippen LogP contribution in [0.15, 0.2) is 60.7 Å². The van der Waals surface area contributed by atoms with Crippen LogP contribution in [0, 0.1) is 0 Å². The second-order valence-corrected chi connectivity index (χ2v) is 7.90. The van der Waals surface area contributed by atoms with E-state index in [1.54, 1.807) is 48.5 Å². The van der Waals surface area contributed by atoms with Gasteiger partial charge in [0.15, 0.2) is 5.11 Å². The van der Waals surface area contributed by atoms with E-state index >= 15 is 0 Å². The third kappa shape index (κ3) is 5.73. The highest BCUT2D eigenvalue weighted by molar-refractivity contribution is 7.81. The molecule has 1 fully saturated rings. The maximum Gasteiger partial charge on any atom is 0.543 e. The molecule has 1 saturated heterocycles. The van der Waals surface area contributed by atoms with Crippen LogP contribution in [-0.2, 0) is 4.57 Å². The summed E-state index contributed by atoms with van der Waals surface area (Å²) >= 11 is 5.32. The van der Waals surface area contributed by atoms with Crippen LogP contribution >= 0.6 is 20.0 Å². The Bertz CT molecular complexity index is 709. The summed E-state index contributed by atoms with van der Waals surface area (Å²) in [6, 6.07) is 17.7. The first-order valence-electron chi connectivity index (χ1n) is 8.56. The van der Waals surface area contributed by atoms with Crippen molar-refractivity contribution in [2.24, 2.45) is 0 Å². The first-order valence-corrected chi connectivity index (χ1v) is 10.5. The second-order valence-electron chi connectivity index (χ2n) is 5.91. The van der Waals surface area contributed by atoms with Gasteiger partial charge in [0.25, 0.3) is 0 Å². The molecule has 2 N–H and O–H groups in total. The van der Waals surface area contributed by atoms with Gasteiger partial charge in [-0.05, 0) is 49.3 Å². The molecule has 8 heteroatoms. The summed E-state index contributed by atoms with van der Waals surface area (Å²) < 4.78 is 24.6. The van der Waals surface area contributed by atoms with Crippen molar-refractivity contribution in [3.8, 4) is 11.5 Å². The molecular weight excluding hydrogens is 369 g/mol. The lowest BCUT2D eigenvalue weighted by molar-refractivity contribution is 0.194. The minimum Gasteiger partial charge on any atom is -0.400 e. The molecule has 1 aliphatic heterocycles. The fraction of sp³-hybridized carbons (Fsp3) is 0.278. The lowest BCUT2D eigenvalue weighted by Gasteiger charge is -2.29. The first-order chi connectivity index (χ1) is 12.6. The Hall–Kier alpha value is -2.08. The molecule has 0 radical (unpaired) electrons. The zero-order valence-electron chi connectivity index (χ0n) is 14.3. The first kappa shape index (κ1) is 18.7. The smallest absolute Gasteiger partial charge is 0.400 e. The normalized spacial score (nSPS) is 15.1. The minimum absolute atomic E-state index is 0.210. The zero-order chi connectivity index (χ0) is 18.2. The van der Waals surface area contributed by atoms with Crippen molar-refractivity contribution in [3.63, 3.8) is 0 Å². The van der Waals surface area contributed by atoms with Crippen LogP contribution in [0.5, 0.6) is 11.5 Å². The Morgan fingerprint density at radius 3 is 1.88 bits per heavy atom. The number of para-hydroxylation sites is 2. The van der Waals surface area contributed by atoms with E-state index in [1.165, 1.54) is 6.42 Å². The summed E-state index contributed by atoms with van der Waals surface area (Å²) in [7, 11) is -3.77. The summed E-state index contributed by atoms with van der Waals surface area (Å²) in [6.07, 6.45) is 3.42. The van der Waals surface area contributed by atoms with Gasteiger partial charge in [-0.3, -0.25) is 5.43 Å². The van der Waals surface area contributed by atoms with Gasteiger partial charge in [-0.1, -0.05) is 42.8 Å². The van der Waals surface area contributed by atoms with Crippen molar-refractivity contribution in [3.05, 3.63) is 60.7 Å². The summed E-state index contributed by atoms with van der Waals surface area (Å²) in [5.74, 6) is 0.861. The van der Waals surface area contributed by atoms with Crippen molar-refractivity contribution in [2.75, 3.05) is 13.1 Å². The van der Waals surface area contributed by atoms with Crippen molar-refractivity contribution in [1.29, 1.82) is 0 Å². The van der Waals surface area contributed by atoms with Gasteiger partial charge in [-0.25, -0.2) is 14.7 Å². The minimum atomic E-state index is -3.77. The molecule has 0 unspecified atom stereocenters. The van der Waals surface area contributed by atoms with Crippen LogP contribution < -0.4 is 19.6 Å². The van der Waals surface area contributed by atoms with Crippen LogP contribution in [-0.4, -0.2) is 23.2 Å². The standard InChI is InChI=1S/C18H22N3O3PS/c22-25(23-16-10-4-1-5-11-16,24-17-12-6-2-7-13-17)20-18(26)19-21-14-8-3-9-15-21/h1-2,4-7,10-13H,3,8-9,14-15H2,(H2,19,20,22,26). The van der Waals surface area contributed by atoms with E-state index in [1.807, 2.05) is 17.1 Å². The van der Waals surface area contributed by atoms with E-state index in [9.17, 15) is 4.57 Å². The lowest BCUT2D eigenvalue weighted by Crippen LogP contribution is -2.48. The largest absolute Gasteiger partial charge is 0.543 e. The number of nitrogens with zero attached hydrogens (tertiary/aromatic N) is 1. The molecular formula is C18H22N3O3PS. The summed E-state index contributed by atoms with van der Waals surface area (Å²) in [5.41, 5.74) is 3.07. The molecule has 3 rings (SSSR count). The highest BCUT2D eigenvalue weighted by Crippen LogP contribution is 2.44. The van der Waals surface area contributed by atoms with Crippen LogP contribution in [0.3, 0.4) is 0 Å². The number of hydrogen-bond acceptors (Lipinski definition) is 5. The van der Waals surface area contributed by atoms with Gasteiger partial charge in [0.1, 0.15) is 11.5 Å². The van der Waals surface area contributed by atoms with Gasteiger partial charge < -0.3 is 9.05 Å². The van der Waals surface area contributed by atoms with Crippen molar-refractivity contribution in [1.82, 2.24) is 15.5 Å². The summed E-state index contributed by atoms with van der Waals surface area (Å²) in [5, 5.41) is 4.95. The molecule has 0 aromatic heterocycles. The van der Waals surface area contributed by atoms with Gasteiger partial charge in [0, 0.05) is 13.1 Å². The molecule has 2 aromatic carbocycles. The molecule has 0 amide bonds. The van der Waals surface area contributed by atoms with Crippen molar-refractivity contribution in [2.45, 2.75) is 19.3 Å². The molecule has 0 bridgehead atoms. The number of nitrogens with one attached hydrogen (secondary N) is 2. The van der Waals surface area contributed by atoms with Crippen LogP contribution in [0.2, 0.25) is 0 Å². The number of hydrazine groups is 1. The Morgan fingerprint density at radius 2 is 1.38 bits per heavy atom. The van der Waals surface area contributed by atoms with E-state index in [0.29, 0.717) is 11.5 Å². The van der Waals surface area contributed by atoms with E-state index in [2.05, 4.69) is 10.5 Å². The average Bonchev–Trinajstić information content (AvgIpc) is 2.63. The van der Waals surface area contributed by atoms with E-state index < -0.39 is 7.75 Å². The maximum absolute atomic E-state index is 13.3. The van der Waals surface area contributed by atoms with Gasteiger partial charge in [0.05, 0.1) is 0 Å². The Labute approximate surface area is 159 Å². The fourth-order valence-electron chi connectivity index (χ4n) is 2.60. The van der Waals surface area contributed by atoms with E-state index in [0.717, 1.165) is 25.9 Å². The van der Waals surface area contributed by atoms with Gasteiger partial charge in [-0.2, -0.15) is 0 Å². The number of thiocarbonyl (C=S) groups is 1. The number of rotatable bonds is 6. The average molecular weight is 391 g/mol.